The van der Waals surface area contributed by atoms with Crippen molar-refractivity contribution in [1.29, 1.82) is 0 Å². The van der Waals surface area contributed by atoms with Crippen LogP contribution >= 0.6 is 11.3 Å². The van der Waals surface area contributed by atoms with Crippen molar-refractivity contribution in [3.8, 4) is 5.69 Å². The van der Waals surface area contributed by atoms with Crippen molar-refractivity contribution < 1.29 is 9.59 Å². The Balaban J connectivity index is 1.28. The van der Waals surface area contributed by atoms with Gasteiger partial charge in [-0.25, -0.2) is 4.68 Å². The van der Waals surface area contributed by atoms with Crippen LogP contribution in [0.4, 0.5) is 0 Å². The molecule has 0 bridgehead atoms. The molecule has 0 saturated heterocycles. The van der Waals surface area contributed by atoms with Crippen LogP contribution in [0.1, 0.15) is 31.2 Å². The summed E-state index contributed by atoms with van der Waals surface area (Å²) in [5.41, 5.74) is 3.49. The molecule has 0 unspecified atom stereocenters. The molecule has 7 heteroatoms. The lowest BCUT2D eigenvalue weighted by molar-refractivity contribution is 0.0943. The van der Waals surface area contributed by atoms with Crippen molar-refractivity contribution in [1.82, 2.24) is 20.4 Å². The first-order valence-electron chi connectivity index (χ1n) is 9.47. The van der Waals surface area contributed by atoms with Crippen molar-refractivity contribution >= 4 is 23.2 Å². The Morgan fingerprint density at radius 1 is 0.833 bits per heavy atom. The molecule has 30 heavy (non-hydrogen) atoms. The first-order valence-corrected chi connectivity index (χ1v) is 10.3. The maximum absolute atomic E-state index is 12.4. The fourth-order valence-electron chi connectivity index (χ4n) is 2.92. The largest absolute Gasteiger partial charge is 0.348 e. The van der Waals surface area contributed by atoms with Crippen LogP contribution in [-0.4, -0.2) is 21.6 Å². The summed E-state index contributed by atoms with van der Waals surface area (Å²) in [4.78, 5) is 25.1. The number of hydrogen-bond donors (Lipinski definition) is 2. The van der Waals surface area contributed by atoms with Crippen LogP contribution in [0.5, 0.6) is 0 Å². The van der Waals surface area contributed by atoms with Gasteiger partial charge in [0.2, 0.25) is 0 Å². The average Bonchev–Trinajstić information content (AvgIpc) is 3.51. The summed E-state index contributed by atoms with van der Waals surface area (Å²) in [7, 11) is 0. The minimum Gasteiger partial charge on any atom is -0.348 e. The number of amides is 2. The number of carbonyl (C=O) groups excluding carboxylic acids is 2. The molecule has 2 aromatic heterocycles. The number of aromatic nitrogens is 2. The zero-order chi connectivity index (χ0) is 20.8. The van der Waals surface area contributed by atoms with Crippen LogP contribution in [0.25, 0.3) is 5.69 Å². The molecule has 2 heterocycles. The van der Waals surface area contributed by atoms with E-state index in [1.54, 1.807) is 29.1 Å². The van der Waals surface area contributed by atoms with Gasteiger partial charge in [0, 0.05) is 31.0 Å². The summed E-state index contributed by atoms with van der Waals surface area (Å²) in [6.07, 6.45) is 3.62. The molecule has 2 amide bonds. The first kappa shape index (κ1) is 19.6. The summed E-state index contributed by atoms with van der Waals surface area (Å²) in [5, 5.41) is 11.9. The predicted octanol–water partition coefficient (Wildman–Crippen LogP) is 3.79. The van der Waals surface area contributed by atoms with E-state index in [2.05, 4.69) is 15.7 Å². The average molecular weight is 417 g/mol. The van der Waals surface area contributed by atoms with E-state index in [4.69, 9.17) is 0 Å². The van der Waals surface area contributed by atoms with E-state index in [-0.39, 0.29) is 11.8 Å². The van der Waals surface area contributed by atoms with Crippen LogP contribution in [0, 0.1) is 0 Å². The molecule has 2 N–H and O–H groups in total. The van der Waals surface area contributed by atoms with Crippen LogP contribution in [-0.2, 0) is 13.1 Å². The lowest BCUT2D eigenvalue weighted by atomic mass is 10.1. The molecule has 0 radical (unpaired) electrons. The minimum absolute atomic E-state index is 0.0922. The highest BCUT2D eigenvalue weighted by Crippen LogP contribution is 2.11. The number of benzene rings is 2. The van der Waals surface area contributed by atoms with Gasteiger partial charge in [0.25, 0.3) is 11.8 Å². The van der Waals surface area contributed by atoms with Crippen LogP contribution < -0.4 is 10.6 Å². The van der Waals surface area contributed by atoms with Crippen LogP contribution in [0.2, 0.25) is 0 Å². The zero-order valence-electron chi connectivity index (χ0n) is 16.1. The van der Waals surface area contributed by atoms with Gasteiger partial charge in [-0.3, -0.25) is 9.59 Å². The fourth-order valence-corrected chi connectivity index (χ4v) is 3.56. The maximum Gasteiger partial charge on any atom is 0.261 e. The molecule has 4 aromatic rings. The second kappa shape index (κ2) is 9.19. The van der Waals surface area contributed by atoms with Gasteiger partial charge in [0.15, 0.2) is 0 Å². The highest BCUT2D eigenvalue weighted by Gasteiger charge is 2.08. The second-order valence-corrected chi connectivity index (χ2v) is 7.60. The molecule has 150 valence electrons. The molecular formula is C23H20N4O2S. The van der Waals surface area contributed by atoms with E-state index in [0.717, 1.165) is 16.8 Å². The monoisotopic (exact) mass is 416 g/mol. The maximum atomic E-state index is 12.4. The second-order valence-electron chi connectivity index (χ2n) is 6.66. The highest BCUT2D eigenvalue weighted by atomic mass is 32.1. The molecule has 6 nitrogen and oxygen atoms in total. The first-order chi connectivity index (χ1) is 14.7. The molecule has 0 aliphatic carbocycles. The summed E-state index contributed by atoms with van der Waals surface area (Å²) < 4.78 is 1.78. The Labute approximate surface area is 178 Å². The Morgan fingerprint density at radius 2 is 1.50 bits per heavy atom. The van der Waals surface area contributed by atoms with E-state index in [0.29, 0.717) is 23.5 Å². The third-order valence-electron chi connectivity index (χ3n) is 4.57. The third kappa shape index (κ3) is 4.82. The molecule has 0 saturated carbocycles. The van der Waals surface area contributed by atoms with Gasteiger partial charge in [0.05, 0.1) is 10.6 Å². The standard InChI is InChI=1S/C23H20N4O2S/c28-22(24-15-18-6-10-20(11-7-18)27-13-2-12-26-27)19-8-4-17(5-9-19)16-25-23(29)21-3-1-14-30-21/h1-14H,15-16H2,(H,24,28)(H,25,29). The predicted molar refractivity (Wildman–Crippen MR) is 117 cm³/mol. The smallest absolute Gasteiger partial charge is 0.261 e. The minimum atomic E-state index is -0.139. The van der Waals surface area contributed by atoms with Crippen molar-refractivity contribution in [2.45, 2.75) is 13.1 Å². The van der Waals surface area contributed by atoms with Crippen molar-refractivity contribution in [2.75, 3.05) is 0 Å². The summed E-state index contributed by atoms with van der Waals surface area (Å²) >= 11 is 1.41. The van der Waals surface area contributed by atoms with Crippen molar-refractivity contribution in [2.24, 2.45) is 0 Å². The normalized spacial score (nSPS) is 10.5. The van der Waals surface area contributed by atoms with E-state index < -0.39 is 0 Å². The zero-order valence-corrected chi connectivity index (χ0v) is 16.9. The molecule has 0 aliphatic rings. The number of nitrogens with one attached hydrogen (secondary N) is 2. The molecule has 0 atom stereocenters. The number of nitrogens with zero attached hydrogens (tertiary/aromatic N) is 2. The molecular weight excluding hydrogens is 396 g/mol. The van der Waals surface area contributed by atoms with Gasteiger partial charge < -0.3 is 10.6 Å². The SMILES string of the molecule is O=C(NCc1ccc(-n2cccn2)cc1)c1ccc(CNC(=O)c2cccs2)cc1. The third-order valence-corrected chi connectivity index (χ3v) is 5.44. The van der Waals surface area contributed by atoms with E-state index >= 15 is 0 Å². The van der Waals surface area contributed by atoms with Crippen LogP contribution in [0.15, 0.2) is 84.5 Å². The fraction of sp³-hybridized carbons (Fsp3) is 0.0870. The Kier molecular flexibility index (Phi) is 6.01. The topological polar surface area (TPSA) is 76.0 Å². The highest BCUT2D eigenvalue weighted by molar-refractivity contribution is 7.12. The Bertz CT molecular complexity index is 1100. The molecule has 2 aromatic carbocycles. The molecule has 0 spiro atoms. The molecule has 0 aliphatic heterocycles. The summed E-state index contributed by atoms with van der Waals surface area (Å²) in [6.45, 7) is 0.859. The van der Waals surface area contributed by atoms with Crippen LogP contribution in [0.3, 0.4) is 0 Å². The van der Waals surface area contributed by atoms with Gasteiger partial charge in [-0.05, 0) is 52.9 Å². The Hall–Kier alpha value is -3.71. The quantitative estimate of drug-likeness (QED) is 0.481. The van der Waals surface area contributed by atoms with Crippen molar-refractivity contribution in [3.63, 3.8) is 0 Å². The van der Waals surface area contributed by atoms with Gasteiger partial charge >= 0.3 is 0 Å². The lowest BCUT2D eigenvalue weighted by Gasteiger charge is -2.08. The summed E-state index contributed by atoms with van der Waals surface area (Å²) in [6, 6.07) is 20.6. The van der Waals surface area contributed by atoms with Crippen molar-refractivity contribution in [3.05, 3.63) is 106 Å². The molecule has 4 rings (SSSR count). The van der Waals surface area contributed by atoms with Gasteiger partial charge in [-0.15, -0.1) is 11.3 Å². The van der Waals surface area contributed by atoms with Gasteiger partial charge in [0.1, 0.15) is 0 Å². The van der Waals surface area contributed by atoms with E-state index in [1.165, 1.54) is 11.3 Å². The number of carbonyl (C=O) groups is 2. The van der Waals surface area contributed by atoms with Gasteiger partial charge in [-0.2, -0.15) is 5.10 Å². The number of thiophene rings is 1. The van der Waals surface area contributed by atoms with Gasteiger partial charge in [-0.1, -0.05) is 30.3 Å². The lowest BCUT2D eigenvalue weighted by Crippen LogP contribution is -2.23. The molecule has 0 fully saturated rings. The van der Waals surface area contributed by atoms with E-state index in [1.807, 2.05) is 60.1 Å². The Morgan fingerprint density at radius 3 is 2.10 bits per heavy atom. The number of hydrogen-bond acceptors (Lipinski definition) is 4. The summed E-state index contributed by atoms with van der Waals surface area (Å²) in [5.74, 6) is -0.231. The van der Waals surface area contributed by atoms with E-state index in [9.17, 15) is 9.59 Å². The number of rotatable bonds is 7.